The minimum absolute atomic E-state index is 0.0873. The molecule has 7 nitrogen and oxygen atoms in total. The Labute approximate surface area is 92.7 Å². The van der Waals surface area contributed by atoms with Gasteiger partial charge >= 0.3 is 6.03 Å². The van der Waals surface area contributed by atoms with Gasteiger partial charge in [0.25, 0.3) is 0 Å². The van der Waals surface area contributed by atoms with Gasteiger partial charge in [-0.05, 0) is 6.42 Å². The van der Waals surface area contributed by atoms with Gasteiger partial charge in [0, 0.05) is 18.7 Å². The van der Waals surface area contributed by atoms with E-state index in [4.69, 9.17) is 10.5 Å². The van der Waals surface area contributed by atoms with Gasteiger partial charge in [-0.1, -0.05) is 0 Å². The number of nitrogens with two attached hydrogens (primary N) is 1. The fourth-order valence-corrected chi connectivity index (χ4v) is 1.56. The first-order valence-corrected chi connectivity index (χ1v) is 5.17. The highest BCUT2D eigenvalue weighted by atomic mass is 16.5. The van der Waals surface area contributed by atoms with Crippen LogP contribution in [-0.4, -0.2) is 35.5 Å². The minimum Gasteiger partial charge on any atom is -0.379 e. The Kier molecular flexibility index (Phi) is 3.37. The molecule has 0 saturated carbocycles. The Morgan fingerprint density at radius 1 is 1.75 bits per heavy atom. The molecule has 1 atom stereocenters. The van der Waals surface area contributed by atoms with E-state index in [-0.39, 0.29) is 12.1 Å². The van der Waals surface area contributed by atoms with Gasteiger partial charge in [-0.2, -0.15) is 5.10 Å². The van der Waals surface area contributed by atoms with Gasteiger partial charge in [-0.3, -0.25) is 10.4 Å². The predicted molar refractivity (Wildman–Crippen MR) is 57.9 cm³/mol. The molecule has 1 saturated heterocycles. The Morgan fingerprint density at radius 2 is 2.62 bits per heavy atom. The van der Waals surface area contributed by atoms with Gasteiger partial charge in [-0.25, -0.2) is 4.79 Å². The van der Waals surface area contributed by atoms with Crippen molar-refractivity contribution >= 4 is 11.8 Å². The van der Waals surface area contributed by atoms with Crippen molar-refractivity contribution in [2.75, 3.05) is 18.5 Å². The third-order valence-electron chi connectivity index (χ3n) is 2.44. The van der Waals surface area contributed by atoms with Crippen molar-refractivity contribution in [2.45, 2.75) is 19.0 Å². The van der Waals surface area contributed by atoms with E-state index >= 15 is 0 Å². The van der Waals surface area contributed by atoms with Crippen molar-refractivity contribution in [2.24, 2.45) is 5.73 Å². The molecule has 0 spiro atoms. The molecule has 7 heteroatoms. The predicted octanol–water partition coefficient (Wildman–Crippen LogP) is -0.221. The number of ether oxygens (including phenoxy) is 1. The maximum Gasteiger partial charge on any atom is 0.320 e. The van der Waals surface area contributed by atoms with Crippen molar-refractivity contribution < 1.29 is 9.53 Å². The number of carbonyl (C=O) groups excluding carboxylic acids is 1. The van der Waals surface area contributed by atoms with Crippen LogP contribution >= 0.6 is 0 Å². The van der Waals surface area contributed by atoms with E-state index in [0.29, 0.717) is 25.6 Å². The molecule has 1 aromatic rings. The zero-order valence-corrected chi connectivity index (χ0v) is 8.82. The van der Waals surface area contributed by atoms with Crippen LogP contribution < -0.4 is 16.4 Å². The fourth-order valence-electron chi connectivity index (χ4n) is 1.56. The summed E-state index contributed by atoms with van der Waals surface area (Å²) < 4.78 is 5.16. The van der Waals surface area contributed by atoms with Crippen LogP contribution in [0.2, 0.25) is 0 Å². The molecule has 0 radical (unpaired) electrons. The number of anilines is 1. The maximum absolute atomic E-state index is 11.6. The van der Waals surface area contributed by atoms with E-state index < -0.39 is 0 Å². The molecule has 2 heterocycles. The standard InChI is InChI=1S/C9H15N5O2/c10-3-6-4-11-14-8(6)13-9(15)12-7-1-2-16-5-7/h4,7H,1-3,5,10H2,(H3,11,12,13,14,15). The number of urea groups is 1. The van der Waals surface area contributed by atoms with Crippen molar-refractivity contribution in [3.05, 3.63) is 11.8 Å². The minimum atomic E-state index is -0.269. The number of hydrogen-bond acceptors (Lipinski definition) is 4. The number of rotatable bonds is 3. The SMILES string of the molecule is NCc1cn[nH]c1NC(=O)NC1CCOC1. The van der Waals surface area contributed by atoms with E-state index in [1.54, 1.807) is 6.20 Å². The third kappa shape index (κ3) is 2.50. The fraction of sp³-hybridized carbons (Fsp3) is 0.556. The number of amides is 2. The summed E-state index contributed by atoms with van der Waals surface area (Å²) in [6.07, 6.45) is 2.44. The van der Waals surface area contributed by atoms with Crippen molar-refractivity contribution in [1.82, 2.24) is 15.5 Å². The molecule has 2 rings (SSSR count). The van der Waals surface area contributed by atoms with Gasteiger partial charge in [0.1, 0.15) is 5.82 Å². The molecule has 0 bridgehead atoms. The van der Waals surface area contributed by atoms with Crippen LogP contribution in [0.25, 0.3) is 0 Å². The van der Waals surface area contributed by atoms with Gasteiger partial charge in [0.15, 0.2) is 0 Å². The van der Waals surface area contributed by atoms with E-state index in [9.17, 15) is 4.79 Å². The van der Waals surface area contributed by atoms with Crippen molar-refractivity contribution in [1.29, 1.82) is 0 Å². The lowest BCUT2D eigenvalue weighted by molar-refractivity contribution is 0.189. The quantitative estimate of drug-likeness (QED) is 0.570. The zero-order valence-electron chi connectivity index (χ0n) is 8.82. The molecule has 1 aromatic heterocycles. The lowest BCUT2D eigenvalue weighted by atomic mass is 10.3. The van der Waals surface area contributed by atoms with Crippen LogP contribution in [0.5, 0.6) is 0 Å². The molecule has 2 amide bonds. The van der Waals surface area contributed by atoms with E-state index in [1.807, 2.05) is 0 Å². The number of aromatic amines is 1. The molecule has 1 aliphatic heterocycles. The second-order valence-electron chi connectivity index (χ2n) is 3.63. The largest absolute Gasteiger partial charge is 0.379 e. The average molecular weight is 225 g/mol. The van der Waals surface area contributed by atoms with Crippen LogP contribution in [-0.2, 0) is 11.3 Å². The normalized spacial score (nSPS) is 19.7. The Balaban J connectivity index is 1.86. The molecule has 16 heavy (non-hydrogen) atoms. The Hall–Kier alpha value is -1.60. The number of H-pyrrole nitrogens is 1. The third-order valence-corrected chi connectivity index (χ3v) is 2.44. The molecule has 5 N–H and O–H groups in total. The molecular formula is C9H15N5O2. The smallest absolute Gasteiger partial charge is 0.320 e. The summed E-state index contributed by atoms with van der Waals surface area (Å²) >= 11 is 0. The van der Waals surface area contributed by atoms with E-state index in [1.165, 1.54) is 0 Å². The molecule has 1 fully saturated rings. The lowest BCUT2D eigenvalue weighted by Crippen LogP contribution is -2.38. The highest BCUT2D eigenvalue weighted by molar-refractivity contribution is 5.89. The van der Waals surface area contributed by atoms with Gasteiger partial charge in [0.05, 0.1) is 18.8 Å². The Bertz CT molecular complexity index is 359. The summed E-state index contributed by atoms with van der Waals surface area (Å²) in [6, 6.07) is -0.182. The number of nitrogens with zero attached hydrogens (tertiary/aromatic N) is 1. The summed E-state index contributed by atoms with van der Waals surface area (Å²) in [5.41, 5.74) is 6.26. The molecule has 1 unspecified atom stereocenters. The van der Waals surface area contributed by atoms with Crippen LogP contribution in [0, 0.1) is 0 Å². The first-order valence-electron chi connectivity index (χ1n) is 5.17. The second-order valence-corrected chi connectivity index (χ2v) is 3.63. The van der Waals surface area contributed by atoms with Crippen LogP contribution in [0.3, 0.4) is 0 Å². The summed E-state index contributed by atoms with van der Waals surface area (Å²) in [5.74, 6) is 0.541. The summed E-state index contributed by atoms with van der Waals surface area (Å²) in [5, 5.41) is 12.0. The number of hydrogen-bond donors (Lipinski definition) is 4. The van der Waals surface area contributed by atoms with Crippen LogP contribution in [0.4, 0.5) is 10.6 Å². The first kappa shape index (κ1) is 10.9. The van der Waals surface area contributed by atoms with Gasteiger partial charge in [-0.15, -0.1) is 0 Å². The topological polar surface area (TPSA) is 105 Å². The second kappa shape index (κ2) is 4.95. The van der Waals surface area contributed by atoms with Gasteiger partial charge < -0.3 is 15.8 Å². The van der Waals surface area contributed by atoms with Crippen molar-refractivity contribution in [3.63, 3.8) is 0 Å². The molecule has 0 aliphatic carbocycles. The Morgan fingerprint density at radius 3 is 3.31 bits per heavy atom. The van der Waals surface area contributed by atoms with Crippen molar-refractivity contribution in [3.8, 4) is 0 Å². The van der Waals surface area contributed by atoms with Crippen LogP contribution in [0.15, 0.2) is 6.20 Å². The molecular weight excluding hydrogens is 210 g/mol. The highest BCUT2D eigenvalue weighted by Crippen LogP contribution is 2.09. The molecule has 0 aromatic carbocycles. The maximum atomic E-state index is 11.6. The number of carbonyl (C=O) groups is 1. The zero-order chi connectivity index (χ0) is 11.4. The van der Waals surface area contributed by atoms with Crippen LogP contribution in [0.1, 0.15) is 12.0 Å². The lowest BCUT2D eigenvalue weighted by Gasteiger charge is -2.11. The summed E-state index contributed by atoms with van der Waals surface area (Å²) in [7, 11) is 0. The highest BCUT2D eigenvalue weighted by Gasteiger charge is 2.18. The first-order chi connectivity index (χ1) is 7.79. The average Bonchev–Trinajstić information content (AvgIpc) is 2.88. The summed E-state index contributed by atoms with van der Waals surface area (Å²) in [6.45, 7) is 1.60. The molecule has 88 valence electrons. The van der Waals surface area contributed by atoms with E-state index in [2.05, 4.69) is 20.8 Å². The monoisotopic (exact) mass is 225 g/mol. The van der Waals surface area contributed by atoms with E-state index in [0.717, 1.165) is 12.0 Å². The summed E-state index contributed by atoms with van der Waals surface area (Å²) in [4.78, 5) is 11.6. The number of aromatic nitrogens is 2. The van der Waals surface area contributed by atoms with Gasteiger partial charge in [0.2, 0.25) is 0 Å². The number of nitrogens with one attached hydrogen (secondary N) is 3. The molecule has 1 aliphatic rings.